The lowest BCUT2D eigenvalue weighted by Crippen LogP contribution is -2.32. The van der Waals surface area contributed by atoms with E-state index in [2.05, 4.69) is 39.3 Å². The van der Waals surface area contributed by atoms with Gasteiger partial charge in [-0.15, -0.1) is 11.3 Å². The fourth-order valence-corrected chi connectivity index (χ4v) is 2.80. The fraction of sp³-hybridized carbons (Fsp3) is 0.429. The highest BCUT2D eigenvalue weighted by Gasteiger charge is 2.18. The van der Waals surface area contributed by atoms with E-state index in [4.69, 9.17) is 10.5 Å². The van der Waals surface area contributed by atoms with Crippen molar-refractivity contribution in [1.82, 2.24) is 9.97 Å². The monoisotopic (exact) mass is 292 g/mol. The average Bonchev–Trinajstić information content (AvgIpc) is 2.93. The molecular weight excluding hydrogens is 272 g/mol. The third kappa shape index (κ3) is 3.19. The molecule has 2 N–H and O–H groups in total. The van der Waals surface area contributed by atoms with Crippen molar-refractivity contribution in [1.29, 1.82) is 0 Å². The highest BCUT2D eigenvalue weighted by atomic mass is 32.1. The molecule has 2 heterocycles. The molecule has 0 aliphatic heterocycles. The number of nitrogen functional groups attached to an aromatic ring is 1. The second kappa shape index (κ2) is 6.56. The number of anilines is 2. The molecule has 6 heteroatoms. The van der Waals surface area contributed by atoms with Crippen LogP contribution in [-0.2, 0) is 6.42 Å². The van der Waals surface area contributed by atoms with Gasteiger partial charge in [0.25, 0.3) is 0 Å². The molecule has 0 saturated carbocycles. The van der Waals surface area contributed by atoms with Crippen LogP contribution in [0.25, 0.3) is 0 Å². The van der Waals surface area contributed by atoms with Gasteiger partial charge in [0.2, 0.25) is 5.88 Å². The molecule has 1 unspecified atom stereocenters. The number of likely N-dealkylation sites (N-methyl/N-ethyl adjacent to an activating group) is 1. The van der Waals surface area contributed by atoms with Gasteiger partial charge in [0.1, 0.15) is 12.0 Å². The van der Waals surface area contributed by atoms with Crippen molar-refractivity contribution < 1.29 is 4.74 Å². The van der Waals surface area contributed by atoms with E-state index in [9.17, 15) is 0 Å². The summed E-state index contributed by atoms with van der Waals surface area (Å²) in [6.45, 7) is 4.60. The summed E-state index contributed by atoms with van der Waals surface area (Å²) in [5, 5.41) is 2.09. The van der Waals surface area contributed by atoms with Gasteiger partial charge in [-0.2, -0.15) is 4.98 Å². The van der Waals surface area contributed by atoms with Gasteiger partial charge in [0.15, 0.2) is 5.82 Å². The Hall–Kier alpha value is -1.82. The molecule has 0 aromatic carbocycles. The summed E-state index contributed by atoms with van der Waals surface area (Å²) >= 11 is 1.76. The SMILES string of the molecule is CCOc1ncnc(N(C)C(C)Cc2cccs2)c1N. The van der Waals surface area contributed by atoms with Crippen LogP contribution in [0.1, 0.15) is 18.7 Å². The first-order valence-electron chi connectivity index (χ1n) is 6.62. The van der Waals surface area contributed by atoms with Crippen LogP contribution in [0.15, 0.2) is 23.8 Å². The van der Waals surface area contributed by atoms with Crippen molar-refractivity contribution in [3.63, 3.8) is 0 Å². The average molecular weight is 292 g/mol. The lowest BCUT2D eigenvalue weighted by molar-refractivity contribution is 0.328. The molecule has 1 atom stereocenters. The molecular formula is C14H20N4OS. The van der Waals surface area contributed by atoms with Gasteiger partial charge < -0.3 is 15.4 Å². The summed E-state index contributed by atoms with van der Waals surface area (Å²) in [6.07, 6.45) is 2.45. The maximum Gasteiger partial charge on any atom is 0.242 e. The number of hydrogen-bond donors (Lipinski definition) is 1. The van der Waals surface area contributed by atoms with Crippen LogP contribution >= 0.6 is 11.3 Å². The molecule has 0 bridgehead atoms. The van der Waals surface area contributed by atoms with Crippen LogP contribution in [0.5, 0.6) is 5.88 Å². The molecule has 2 aromatic heterocycles. The molecule has 0 radical (unpaired) electrons. The van der Waals surface area contributed by atoms with Gasteiger partial charge >= 0.3 is 0 Å². The minimum Gasteiger partial charge on any atom is -0.476 e. The minimum absolute atomic E-state index is 0.292. The Kier molecular flexibility index (Phi) is 4.79. The predicted octanol–water partition coefficient (Wildman–Crippen LogP) is 2.59. The summed E-state index contributed by atoms with van der Waals surface area (Å²) in [4.78, 5) is 11.8. The summed E-state index contributed by atoms with van der Waals surface area (Å²) in [5.41, 5.74) is 6.59. The Morgan fingerprint density at radius 1 is 1.45 bits per heavy atom. The van der Waals surface area contributed by atoms with Gasteiger partial charge in [0.05, 0.1) is 6.61 Å². The van der Waals surface area contributed by atoms with Gasteiger partial charge in [-0.3, -0.25) is 0 Å². The van der Waals surface area contributed by atoms with E-state index >= 15 is 0 Å². The maximum atomic E-state index is 6.09. The molecule has 0 fully saturated rings. The Morgan fingerprint density at radius 2 is 2.25 bits per heavy atom. The fourth-order valence-electron chi connectivity index (χ4n) is 1.97. The van der Waals surface area contributed by atoms with Gasteiger partial charge in [-0.1, -0.05) is 6.07 Å². The minimum atomic E-state index is 0.292. The summed E-state index contributed by atoms with van der Waals surface area (Å²) in [6, 6.07) is 4.50. The van der Waals surface area contributed by atoms with Crippen molar-refractivity contribution in [2.45, 2.75) is 26.3 Å². The van der Waals surface area contributed by atoms with Crippen molar-refractivity contribution in [3.05, 3.63) is 28.7 Å². The lowest BCUT2D eigenvalue weighted by atomic mass is 10.2. The van der Waals surface area contributed by atoms with E-state index in [-0.39, 0.29) is 0 Å². The number of nitrogens with zero attached hydrogens (tertiary/aromatic N) is 3. The molecule has 2 aromatic rings. The lowest BCUT2D eigenvalue weighted by Gasteiger charge is -2.27. The number of thiophene rings is 1. The third-order valence-electron chi connectivity index (χ3n) is 3.18. The molecule has 0 aliphatic rings. The molecule has 0 spiro atoms. The highest BCUT2D eigenvalue weighted by molar-refractivity contribution is 7.09. The first kappa shape index (κ1) is 14.6. The molecule has 0 saturated heterocycles. The summed E-state index contributed by atoms with van der Waals surface area (Å²) in [5.74, 6) is 1.17. The van der Waals surface area contributed by atoms with Gasteiger partial charge in [-0.05, 0) is 25.3 Å². The summed E-state index contributed by atoms with van der Waals surface area (Å²) in [7, 11) is 1.99. The number of hydrogen-bond acceptors (Lipinski definition) is 6. The highest BCUT2D eigenvalue weighted by Crippen LogP contribution is 2.29. The molecule has 0 aliphatic carbocycles. The van der Waals surface area contributed by atoms with Crippen molar-refractivity contribution in [3.8, 4) is 5.88 Å². The van der Waals surface area contributed by atoms with E-state index in [1.165, 1.54) is 11.2 Å². The smallest absolute Gasteiger partial charge is 0.242 e. The molecule has 5 nitrogen and oxygen atoms in total. The van der Waals surface area contributed by atoms with E-state index in [1.807, 2.05) is 14.0 Å². The van der Waals surface area contributed by atoms with Gasteiger partial charge in [-0.25, -0.2) is 4.98 Å². The maximum absolute atomic E-state index is 6.09. The molecule has 20 heavy (non-hydrogen) atoms. The van der Waals surface area contributed by atoms with Crippen LogP contribution < -0.4 is 15.4 Å². The van der Waals surface area contributed by atoms with E-state index in [0.29, 0.717) is 30.0 Å². The zero-order valence-electron chi connectivity index (χ0n) is 12.0. The number of aromatic nitrogens is 2. The molecule has 0 amide bonds. The van der Waals surface area contributed by atoms with Crippen molar-refractivity contribution in [2.75, 3.05) is 24.3 Å². The largest absolute Gasteiger partial charge is 0.476 e. The predicted molar refractivity (Wildman–Crippen MR) is 83.5 cm³/mol. The van der Waals surface area contributed by atoms with Crippen LogP contribution in [-0.4, -0.2) is 29.7 Å². The second-order valence-electron chi connectivity index (χ2n) is 4.59. The Balaban J connectivity index is 2.15. The van der Waals surface area contributed by atoms with Gasteiger partial charge in [0, 0.05) is 24.4 Å². The normalized spacial score (nSPS) is 12.2. The van der Waals surface area contributed by atoms with E-state index < -0.39 is 0 Å². The topological polar surface area (TPSA) is 64.3 Å². The van der Waals surface area contributed by atoms with E-state index in [0.717, 1.165) is 6.42 Å². The van der Waals surface area contributed by atoms with Crippen LogP contribution in [0.2, 0.25) is 0 Å². The Labute approximate surface area is 123 Å². The zero-order valence-corrected chi connectivity index (χ0v) is 12.9. The molecule has 2 rings (SSSR count). The number of nitrogens with two attached hydrogens (primary N) is 1. The first-order chi connectivity index (χ1) is 9.63. The second-order valence-corrected chi connectivity index (χ2v) is 5.62. The Morgan fingerprint density at radius 3 is 2.90 bits per heavy atom. The number of ether oxygens (including phenoxy) is 1. The van der Waals surface area contributed by atoms with Crippen molar-refractivity contribution in [2.24, 2.45) is 0 Å². The summed E-state index contributed by atoms with van der Waals surface area (Å²) < 4.78 is 5.41. The molecule has 108 valence electrons. The number of rotatable bonds is 6. The van der Waals surface area contributed by atoms with Crippen LogP contribution in [0.4, 0.5) is 11.5 Å². The standard InChI is InChI=1S/C14H20N4OS/c1-4-19-14-12(15)13(16-9-17-14)18(3)10(2)8-11-6-5-7-20-11/h5-7,9-10H,4,8,15H2,1-3H3. The van der Waals surface area contributed by atoms with Crippen LogP contribution in [0, 0.1) is 0 Å². The quantitative estimate of drug-likeness (QED) is 0.886. The van der Waals surface area contributed by atoms with Crippen LogP contribution in [0.3, 0.4) is 0 Å². The Bertz CT molecular complexity index is 544. The van der Waals surface area contributed by atoms with Crippen molar-refractivity contribution >= 4 is 22.8 Å². The zero-order chi connectivity index (χ0) is 14.5. The van der Waals surface area contributed by atoms with E-state index in [1.54, 1.807) is 11.3 Å². The third-order valence-corrected chi connectivity index (χ3v) is 4.08. The first-order valence-corrected chi connectivity index (χ1v) is 7.50.